The molecule has 0 aromatic carbocycles. The van der Waals surface area contributed by atoms with E-state index < -0.39 is 30.6 Å². The van der Waals surface area contributed by atoms with Gasteiger partial charge in [-0.1, -0.05) is 6.92 Å². The average molecular weight is 309 g/mol. The third-order valence-electron chi connectivity index (χ3n) is 2.87. The first-order valence-corrected chi connectivity index (χ1v) is 6.26. The van der Waals surface area contributed by atoms with Gasteiger partial charge in [0.05, 0.1) is 12.7 Å². The summed E-state index contributed by atoms with van der Waals surface area (Å²) in [6, 6.07) is -0.573. The highest BCUT2D eigenvalue weighted by molar-refractivity contribution is 4.85. The summed E-state index contributed by atoms with van der Waals surface area (Å²) in [6.07, 6.45) is -15.0. The Morgan fingerprint density at radius 3 is 2.30 bits per heavy atom. The molecule has 1 N–H and O–H groups in total. The van der Waals surface area contributed by atoms with Crippen LogP contribution in [0.15, 0.2) is 0 Å². The van der Waals surface area contributed by atoms with Crippen molar-refractivity contribution in [1.29, 1.82) is 0 Å². The first kappa shape index (κ1) is 17.5. The maximum Gasteiger partial charge on any atom is 0.423 e. The number of hydrogen-bond acceptors (Lipinski definition) is 3. The van der Waals surface area contributed by atoms with Crippen molar-refractivity contribution in [2.45, 2.75) is 50.4 Å². The summed E-state index contributed by atoms with van der Waals surface area (Å²) in [5, 5.41) is 2.89. The van der Waals surface area contributed by atoms with E-state index >= 15 is 0 Å². The van der Waals surface area contributed by atoms with E-state index in [4.69, 9.17) is 4.74 Å². The fourth-order valence-corrected chi connectivity index (χ4v) is 1.92. The van der Waals surface area contributed by atoms with Crippen LogP contribution >= 0.6 is 0 Å². The molecule has 1 saturated heterocycles. The summed E-state index contributed by atoms with van der Waals surface area (Å²) >= 11 is 0. The monoisotopic (exact) mass is 309 g/mol. The molecule has 0 aromatic heterocycles. The lowest BCUT2D eigenvalue weighted by molar-refractivity contribution is -0.336. The summed E-state index contributed by atoms with van der Waals surface area (Å²) in [5.74, 6) is 0. The van der Waals surface area contributed by atoms with Gasteiger partial charge in [-0.05, 0) is 19.4 Å². The molecule has 1 heterocycles. The van der Waals surface area contributed by atoms with Crippen LogP contribution in [0, 0.1) is 0 Å². The first-order chi connectivity index (χ1) is 9.16. The molecule has 9 heteroatoms. The molecule has 3 nitrogen and oxygen atoms in total. The smallest absolute Gasteiger partial charge is 0.379 e. The molecule has 2 unspecified atom stereocenters. The van der Waals surface area contributed by atoms with Crippen molar-refractivity contribution in [2.75, 3.05) is 19.8 Å². The molecule has 0 aliphatic carbocycles. The molecule has 1 rings (SSSR count). The minimum atomic E-state index is -5.50. The second-order valence-corrected chi connectivity index (χ2v) is 4.56. The van der Waals surface area contributed by atoms with Crippen molar-refractivity contribution in [3.63, 3.8) is 0 Å². The van der Waals surface area contributed by atoms with Gasteiger partial charge in [0.25, 0.3) is 0 Å². The molecule has 0 radical (unpaired) electrons. The largest absolute Gasteiger partial charge is 0.423 e. The molecule has 1 aliphatic heterocycles. The van der Waals surface area contributed by atoms with Gasteiger partial charge in [0.2, 0.25) is 6.10 Å². The molecule has 2 atom stereocenters. The van der Waals surface area contributed by atoms with Gasteiger partial charge in [-0.2, -0.15) is 26.3 Å². The van der Waals surface area contributed by atoms with Crippen LogP contribution in [0.3, 0.4) is 0 Å². The number of halogens is 6. The Morgan fingerprint density at radius 2 is 1.80 bits per heavy atom. The van der Waals surface area contributed by atoms with Gasteiger partial charge in [-0.3, -0.25) is 0 Å². The lowest BCUT2D eigenvalue weighted by Crippen LogP contribution is -2.54. The molecule has 0 bridgehead atoms. The summed E-state index contributed by atoms with van der Waals surface area (Å²) in [6.45, 7) is 2.33. The second-order valence-electron chi connectivity index (χ2n) is 4.56. The summed E-state index contributed by atoms with van der Waals surface area (Å²) in [7, 11) is 0. The SMILES string of the molecule is CCCNC1CCOCC1OC(C(F)(F)F)C(F)(F)F. The van der Waals surface area contributed by atoms with Gasteiger partial charge in [0, 0.05) is 12.6 Å². The van der Waals surface area contributed by atoms with Crippen molar-refractivity contribution in [3.8, 4) is 0 Å². The summed E-state index contributed by atoms with van der Waals surface area (Å²) in [5.41, 5.74) is 0. The van der Waals surface area contributed by atoms with Crippen molar-refractivity contribution in [1.82, 2.24) is 5.32 Å². The number of ether oxygens (including phenoxy) is 2. The minimum Gasteiger partial charge on any atom is -0.379 e. The van der Waals surface area contributed by atoms with Crippen molar-refractivity contribution in [3.05, 3.63) is 0 Å². The average Bonchev–Trinajstić information content (AvgIpc) is 2.31. The van der Waals surface area contributed by atoms with Crippen molar-refractivity contribution >= 4 is 0 Å². The number of alkyl halides is 6. The van der Waals surface area contributed by atoms with Crippen LogP contribution in [-0.2, 0) is 9.47 Å². The molecular formula is C11H17F6NO2. The third-order valence-corrected chi connectivity index (χ3v) is 2.87. The van der Waals surface area contributed by atoms with Crippen LogP contribution in [0.1, 0.15) is 19.8 Å². The molecule has 20 heavy (non-hydrogen) atoms. The zero-order valence-corrected chi connectivity index (χ0v) is 10.9. The molecule has 1 aliphatic rings. The first-order valence-electron chi connectivity index (χ1n) is 6.26. The van der Waals surface area contributed by atoms with E-state index in [0.717, 1.165) is 0 Å². The molecule has 0 saturated carbocycles. The highest BCUT2D eigenvalue weighted by Gasteiger charge is 2.59. The molecule has 0 spiro atoms. The van der Waals surface area contributed by atoms with Gasteiger partial charge in [0.1, 0.15) is 0 Å². The molecular weight excluding hydrogens is 292 g/mol. The zero-order chi connectivity index (χ0) is 15.4. The minimum absolute atomic E-state index is 0.282. The van der Waals surface area contributed by atoms with Crippen LogP contribution in [-0.4, -0.2) is 50.4 Å². The standard InChI is InChI=1S/C11H17F6NO2/c1-2-4-18-7-3-5-19-6-8(7)20-9(10(12,13)14)11(15,16)17/h7-9,18H,2-6H2,1H3. The third kappa shape index (κ3) is 5.10. The Labute approximate surface area is 112 Å². The van der Waals surface area contributed by atoms with Gasteiger partial charge in [-0.15, -0.1) is 0 Å². The van der Waals surface area contributed by atoms with Gasteiger partial charge < -0.3 is 14.8 Å². The second kappa shape index (κ2) is 6.95. The van der Waals surface area contributed by atoms with Crippen LogP contribution in [0.2, 0.25) is 0 Å². The van der Waals surface area contributed by atoms with E-state index in [2.05, 4.69) is 10.1 Å². The summed E-state index contributed by atoms with van der Waals surface area (Å²) in [4.78, 5) is 0. The molecule has 1 fully saturated rings. The Kier molecular flexibility index (Phi) is 6.08. The quantitative estimate of drug-likeness (QED) is 0.792. The van der Waals surface area contributed by atoms with E-state index in [-0.39, 0.29) is 13.2 Å². The van der Waals surface area contributed by atoms with Crippen LogP contribution in [0.5, 0.6) is 0 Å². The van der Waals surface area contributed by atoms with E-state index in [9.17, 15) is 26.3 Å². The van der Waals surface area contributed by atoms with Crippen LogP contribution in [0.4, 0.5) is 26.3 Å². The number of hydrogen-bond donors (Lipinski definition) is 1. The van der Waals surface area contributed by atoms with E-state index in [0.29, 0.717) is 19.4 Å². The predicted molar refractivity (Wildman–Crippen MR) is 58.3 cm³/mol. The van der Waals surface area contributed by atoms with Crippen LogP contribution < -0.4 is 5.32 Å². The number of rotatable bonds is 5. The highest BCUT2D eigenvalue weighted by atomic mass is 19.4. The van der Waals surface area contributed by atoms with Crippen LogP contribution in [0.25, 0.3) is 0 Å². The Hall–Kier alpha value is -0.540. The Bertz CT molecular complexity index is 280. The highest BCUT2D eigenvalue weighted by Crippen LogP contribution is 2.37. The topological polar surface area (TPSA) is 30.5 Å². The van der Waals surface area contributed by atoms with Crippen molar-refractivity contribution < 1.29 is 35.8 Å². The van der Waals surface area contributed by atoms with E-state index in [1.54, 1.807) is 0 Å². The Morgan fingerprint density at radius 1 is 1.20 bits per heavy atom. The zero-order valence-electron chi connectivity index (χ0n) is 10.9. The van der Waals surface area contributed by atoms with E-state index in [1.165, 1.54) is 0 Å². The maximum atomic E-state index is 12.4. The number of nitrogens with one attached hydrogen (secondary N) is 1. The van der Waals surface area contributed by atoms with Gasteiger partial charge >= 0.3 is 12.4 Å². The lowest BCUT2D eigenvalue weighted by atomic mass is 10.1. The predicted octanol–water partition coefficient (Wildman–Crippen LogP) is 2.65. The maximum absolute atomic E-state index is 12.4. The van der Waals surface area contributed by atoms with Gasteiger partial charge in [-0.25, -0.2) is 0 Å². The van der Waals surface area contributed by atoms with Crippen molar-refractivity contribution in [2.24, 2.45) is 0 Å². The van der Waals surface area contributed by atoms with Gasteiger partial charge in [0.15, 0.2) is 0 Å². The molecule has 120 valence electrons. The normalized spacial score (nSPS) is 25.2. The molecule has 0 amide bonds. The van der Waals surface area contributed by atoms with E-state index in [1.807, 2.05) is 6.92 Å². The summed E-state index contributed by atoms with van der Waals surface area (Å²) < 4.78 is 83.9. The fraction of sp³-hybridized carbons (Fsp3) is 1.00. The fourth-order valence-electron chi connectivity index (χ4n) is 1.92. The molecule has 0 aromatic rings. The lowest BCUT2D eigenvalue weighted by Gasteiger charge is -2.35. The Balaban J connectivity index is 2.74.